The highest BCUT2D eigenvalue weighted by molar-refractivity contribution is 6.30. The van der Waals surface area contributed by atoms with Crippen molar-refractivity contribution in [1.82, 2.24) is 9.55 Å². The Labute approximate surface area is 203 Å². The average molecular weight is 472 g/mol. The van der Waals surface area contributed by atoms with Crippen LogP contribution >= 0.6 is 11.6 Å². The molecular formula is C28H26ClN3O2. The molecule has 0 spiro atoms. The molecule has 0 bridgehead atoms. The molecule has 3 aromatic carbocycles. The maximum atomic E-state index is 13.6. The van der Waals surface area contributed by atoms with Gasteiger partial charge in [-0.15, -0.1) is 0 Å². The Morgan fingerprint density at radius 1 is 1.03 bits per heavy atom. The normalized spacial score (nSPS) is 15.4. The van der Waals surface area contributed by atoms with Gasteiger partial charge in [-0.2, -0.15) is 0 Å². The number of aryl methyl sites for hydroxylation is 1. The van der Waals surface area contributed by atoms with E-state index in [0.717, 1.165) is 54.0 Å². The Hall–Kier alpha value is -3.44. The second-order valence-corrected chi connectivity index (χ2v) is 9.02. The summed E-state index contributed by atoms with van der Waals surface area (Å²) in [5.74, 6) is 0.761. The molecule has 0 fully saturated rings. The quantitative estimate of drug-likeness (QED) is 0.284. The van der Waals surface area contributed by atoms with Crippen LogP contribution in [0.2, 0.25) is 5.02 Å². The van der Waals surface area contributed by atoms with Crippen LogP contribution in [0.5, 0.6) is 0 Å². The van der Waals surface area contributed by atoms with Gasteiger partial charge in [0.25, 0.3) is 5.56 Å². The molecule has 0 N–H and O–H groups in total. The van der Waals surface area contributed by atoms with Gasteiger partial charge in [-0.3, -0.25) is 9.36 Å². The molecule has 0 radical (unpaired) electrons. The largest absolute Gasteiger partial charge is 0.387 e. The van der Waals surface area contributed by atoms with Crippen LogP contribution in [0.4, 0.5) is 0 Å². The predicted molar refractivity (Wildman–Crippen MR) is 137 cm³/mol. The number of oxime groups is 1. The Morgan fingerprint density at radius 2 is 1.82 bits per heavy atom. The molecule has 0 amide bonds. The standard InChI is InChI=1S/C28H26ClN3O2/c1-2-3-5-10-27-30-25-17-20(24-18-26(34-31-24)19-8-6-4-7-9-19)11-16-23(25)28(33)32(27)22-14-12-21(29)13-15-22/h4,6-9,11-17,26H,2-3,5,10,18H2,1H3. The lowest BCUT2D eigenvalue weighted by Gasteiger charge is -2.14. The molecular weight excluding hydrogens is 446 g/mol. The number of aromatic nitrogens is 2. The number of rotatable bonds is 7. The molecule has 1 aromatic heterocycles. The van der Waals surface area contributed by atoms with Gasteiger partial charge in [0.05, 0.1) is 22.3 Å². The van der Waals surface area contributed by atoms with E-state index in [9.17, 15) is 4.79 Å². The molecule has 0 saturated carbocycles. The highest BCUT2D eigenvalue weighted by Gasteiger charge is 2.24. The third-order valence-corrected chi connectivity index (χ3v) is 6.45. The van der Waals surface area contributed by atoms with E-state index >= 15 is 0 Å². The number of hydrogen-bond donors (Lipinski definition) is 0. The van der Waals surface area contributed by atoms with E-state index in [0.29, 0.717) is 22.3 Å². The number of benzene rings is 3. The van der Waals surface area contributed by atoms with Crippen LogP contribution < -0.4 is 5.56 Å². The lowest BCUT2D eigenvalue weighted by atomic mass is 9.99. The van der Waals surface area contributed by atoms with Gasteiger partial charge in [0.2, 0.25) is 0 Å². The smallest absolute Gasteiger partial charge is 0.265 e. The van der Waals surface area contributed by atoms with Gasteiger partial charge in [0, 0.05) is 23.4 Å². The molecule has 6 heteroatoms. The van der Waals surface area contributed by atoms with Crippen molar-refractivity contribution in [3.8, 4) is 5.69 Å². The second kappa shape index (κ2) is 9.82. The van der Waals surface area contributed by atoms with E-state index in [1.54, 1.807) is 16.7 Å². The summed E-state index contributed by atoms with van der Waals surface area (Å²) in [6.45, 7) is 2.17. The van der Waals surface area contributed by atoms with Crippen molar-refractivity contribution in [2.75, 3.05) is 0 Å². The van der Waals surface area contributed by atoms with Crippen LogP contribution in [0, 0.1) is 0 Å². The molecule has 1 aliphatic heterocycles. The van der Waals surface area contributed by atoms with Crippen LogP contribution in [-0.4, -0.2) is 15.3 Å². The highest BCUT2D eigenvalue weighted by Crippen LogP contribution is 2.30. The van der Waals surface area contributed by atoms with Crippen LogP contribution in [0.3, 0.4) is 0 Å². The number of halogens is 1. The Bertz CT molecular complexity index is 1400. The van der Waals surface area contributed by atoms with Crippen LogP contribution in [0.15, 0.2) is 82.7 Å². The fraction of sp³-hybridized carbons (Fsp3) is 0.250. The van der Waals surface area contributed by atoms with Gasteiger partial charge in [-0.25, -0.2) is 4.98 Å². The molecule has 0 aliphatic carbocycles. The zero-order chi connectivity index (χ0) is 23.5. The summed E-state index contributed by atoms with van der Waals surface area (Å²) in [4.78, 5) is 24.2. The minimum Gasteiger partial charge on any atom is -0.387 e. The lowest BCUT2D eigenvalue weighted by molar-refractivity contribution is 0.0857. The first-order valence-corrected chi connectivity index (χ1v) is 12.1. The van der Waals surface area contributed by atoms with Gasteiger partial charge < -0.3 is 4.84 Å². The highest BCUT2D eigenvalue weighted by atomic mass is 35.5. The molecule has 4 aromatic rings. The van der Waals surface area contributed by atoms with Crippen LogP contribution in [0.1, 0.15) is 55.7 Å². The average Bonchev–Trinajstić information content (AvgIpc) is 3.36. The van der Waals surface area contributed by atoms with Crippen molar-refractivity contribution < 1.29 is 4.84 Å². The fourth-order valence-electron chi connectivity index (χ4n) is 4.36. The van der Waals surface area contributed by atoms with Crippen molar-refractivity contribution in [3.05, 3.63) is 105 Å². The number of nitrogens with zero attached hydrogens (tertiary/aromatic N) is 3. The van der Waals surface area contributed by atoms with E-state index < -0.39 is 0 Å². The SMILES string of the molecule is CCCCCc1nc2cc(C3=NOC(c4ccccc4)C3)ccc2c(=O)n1-c1ccc(Cl)cc1. The van der Waals surface area contributed by atoms with Crippen molar-refractivity contribution >= 4 is 28.2 Å². The molecule has 0 saturated heterocycles. The molecule has 172 valence electrons. The first kappa shape index (κ1) is 22.4. The molecule has 5 rings (SSSR count). The summed E-state index contributed by atoms with van der Waals surface area (Å²) in [5, 5.41) is 5.56. The summed E-state index contributed by atoms with van der Waals surface area (Å²) in [6.07, 6.45) is 4.48. The molecule has 5 nitrogen and oxygen atoms in total. The topological polar surface area (TPSA) is 56.5 Å². The van der Waals surface area contributed by atoms with Crippen LogP contribution in [-0.2, 0) is 11.3 Å². The van der Waals surface area contributed by atoms with E-state index in [-0.39, 0.29) is 11.7 Å². The van der Waals surface area contributed by atoms with Crippen molar-refractivity contribution in [3.63, 3.8) is 0 Å². The Morgan fingerprint density at radius 3 is 2.59 bits per heavy atom. The third kappa shape index (κ3) is 4.48. The Kier molecular flexibility index (Phi) is 6.45. The van der Waals surface area contributed by atoms with E-state index in [4.69, 9.17) is 21.4 Å². The second-order valence-electron chi connectivity index (χ2n) is 8.58. The Balaban J connectivity index is 1.53. The van der Waals surface area contributed by atoms with Crippen molar-refractivity contribution in [1.29, 1.82) is 0 Å². The summed E-state index contributed by atoms with van der Waals surface area (Å²) in [5.41, 5.74) is 4.29. The minimum atomic E-state index is -0.0950. The zero-order valence-electron chi connectivity index (χ0n) is 19.1. The minimum absolute atomic E-state index is 0.0721. The summed E-state index contributed by atoms with van der Waals surface area (Å²) in [6, 6.07) is 23.2. The number of fused-ring (bicyclic) bond motifs is 1. The first-order chi connectivity index (χ1) is 16.6. The molecule has 1 aliphatic rings. The zero-order valence-corrected chi connectivity index (χ0v) is 19.8. The predicted octanol–water partition coefficient (Wildman–Crippen LogP) is 6.64. The lowest BCUT2D eigenvalue weighted by Crippen LogP contribution is -2.24. The number of unbranched alkanes of at least 4 members (excludes halogenated alkanes) is 2. The maximum Gasteiger partial charge on any atom is 0.265 e. The number of hydrogen-bond acceptors (Lipinski definition) is 4. The van der Waals surface area contributed by atoms with E-state index in [2.05, 4.69) is 12.1 Å². The van der Waals surface area contributed by atoms with Crippen molar-refractivity contribution in [2.45, 2.75) is 45.1 Å². The molecule has 2 heterocycles. The van der Waals surface area contributed by atoms with Gasteiger partial charge in [-0.1, -0.05) is 72.9 Å². The molecule has 1 unspecified atom stereocenters. The molecule has 34 heavy (non-hydrogen) atoms. The fourth-order valence-corrected chi connectivity index (χ4v) is 4.49. The maximum absolute atomic E-state index is 13.6. The third-order valence-electron chi connectivity index (χ3n) is 6.20. The van der Waals surface area contributed by atoms with Gasteiger partial charge in [-0.05, 0) is 48.4 Å². The van der Waals surface area contributed by atoms with E-state index in [1.165, 1.54) is 0 Å². The van der Waals surface area contributed by atoms with Crippen molar-refractivity contribution in [2.24, 2.45) is 5.16 Å². The van der Waals surface area contributed by atoms with E-state index in [1.807, 2.05) is 60.7 Å². The molecule has 1 atom stereocenters. The monoisotopic (exact) mass is 471 g/mol. The van der Waals surface area contributed by atoms with Gasteiger partial charge in [0.1, 0.15) is 5.82 Å². The van der Waals surface area contributed by atoms with Crippen LogP contribution in [0.25, 0.3) is 16.6 Å². The first-order valence-electron chi connectivity index (χ1n) is 11.7. The summed E-state index contributed by atoms with van der Waals surface area (Å²) in [7, 11) is 0. The van der Waals surface area contributed by atoms with Gasteiger partial charge in [0.15, 0.2) is 6.10 Å². The summed E-state index contributed by atoms with van der Waals surface area (Å²) < 4.78 is 1.72. The van der Waals surface area contributed by atoms with Gasteiger partial charge >= 0.3 is 0 Å². The summed E-state index contributed by atoms with van der Waals surface area (Å²) >= 11 is 6.08.